The Hall–Kier alpha value is -3.38. The fraction of sp³-hybridized carbons (Fsp3) is 0.787. The Labute approximate surface area is 378 Å². The Balaban J connectivity index is 2.68. The molecule has 0 amide bonds. The topological polar surface area (TPSA) is 166 Å². The average molecular weight is 895 g/mol. The lowest BCUT2D eigenvalue weighted by atomic mass is 10.0. The van der Waals surface area contributed by atoms with E-state index in [2.05, 4.69) is 6.92 Å². The SMILES string of the molecule is CCCCOc1cccc(CCCC(C(=O)O)N2CCN(C(COC(C)(C)C)C(=O)OC)CCN(C(COC(C)(C)C)C(=O)OC)CCN(C(COC(C)(C)C)C(=O)OC)CC2)c1. The molecule has 1 aliphatic heterocycles. The summed E-state index contributed by atoms with van der Waals surface area (Å²) in [6.07, 6.45) is 3.59. The van der Waals surface area contributed by atoms with Gasteiger partial charge in [0.1, 0.15) is 29.9 Å². The van der Waals surface area contributed by atoms with Gasteiger partial charge in [-0.1, -0.05) is 25.5 Å². The van der Waals surface area contributed by atoms with Crippen LogP contribution in [0.25, 0.3) is 0 Å². The van der Waals surface area contributed by atoms with Gasteiger partial charge in [0, 0.05) is 52.4 Å². The van der Waals surface area contributed by atoms with Crippen LogP contribution in [0.3, 0.4) is 0 Å². The van der Waals surface area contributed by atoms with Crippen LogP contribution in [0.2, 0.25) is 0 Å². The van der Waals surface area contributed by atoms with Crippen LogP contribution in [0.5, 0.6) is 5.75 Å². The smallest absolute Gasteiger partial charge is 0.325 e. The number of carbonyl (C=O) groups excluding carboxylic acids is 3. The third-order valence-electron chi connectivity index (χ3n) is 10.8. The highest BCUT2D eigenvalue weighted by atomic mass is 16.5. The number of hydrogen-bond donors (Lipinski definition) is 1. The molecule has 63 heavy (non-hydrogen) atoms. The summed E-state index contributed by atoms with van der Waals surface area (Å²) >= 11 is 0. The number of carboxylic acids is 1. The molecule has 2 rings (SSSR count). The predicted octanol–water partition coefficient (Wildman–Crippen LogP) is 4.93. The molecular formula is C47H82N4O12. The fourth-order valence-electron chi connectivity index (χ4n) is 7.17. The van der Waals surface area contributed by atoms with Crippen molar-refractivity contribution in [3.8, 4) is 5.75 Å². The second-order valence-corrected chi connectivity index (χ2v) is 19.1. The predicted molar refractivity (Wildman–Crippen MR) is 242 cm³/mol. The molecule has 1 aliphatic rings. The van der Waals surface area contributed by atoms with E-state index in [9.17, 15) is 24.3 Å². The van der Waals surface area contributed by atoms with Crippen molar-refractivity contribution in [1.29, 1.82) is 0 Å². The van der Waals surface area contributed by atoms with E-state index in [4.69, 9.17) is 33.2 Å². The first-order valence-electron chi connectivity index (χ1n) is 22.6. The molecule has 0 bridgehead atoms. The van der Waals surface area contributed by atoms with E-state index in [0.717, 1.165) is 24.2 Å². The molecule has 0 aliphatic carbocycles. The van der Waals surface area contributed by atoms with E-state index in [1.165, 1.54) is 21.3 Å². The van der Waals surface area contributed by atoms with E-state index >= 15 is 0 Å². The molecule has 1 aromatic carbocycles. The van der Waals surface area contributed by atoms with Crippen molar-refractivity contribution in [2.45, 2.75) is 142 Å². The van der Waals surface area contributed by atoms with Crippen LogP contribution in [-0.4, -0.2) is 190 Å². The second kappa shape index (κ2) is 27.2. The molecular weight excluding hydrogens is 813 g/mol. The molecule has 0 spiro atoms. The molecule has 0 aromatic heterocycles. The maximum atomic E-state index is 13.6. The summed E-state index contributed by atoms with van der Waals surface area (Å²) in [6.45, 7) is 22.1. The molecule has 1 heterocycles. The normalized spacial score (nSPS) is 18.0. The summed E-state index contributed by atoms with van der Waals surface area (Å²) in [6, 6.07) is 4.53. The summed E-state index contributed by atoms with van der Waals surface area (Å²) in [5.74, 6) is -1.65. The van der Waals surface area contributed by atoms with Crippen LogP contribution in [0.15, 0.2) is 24.3 Å². The first kappa shape index (κ1) is 55.8. The van der Waals surface area contributed by atoms with Crippen molar-refractivity contribution in [2.75, 3.05) is 100 Å². The molecule has 1 fully saturated rings. The summed E-state index contributed by atoms with van der Waals surface area (Å²) in [5, 5.41) is 10.9. The fourth-order valence-corrected chi connectivity index (χ4v) is 7.17. The number of nitrogens with zero attached hydrogens (tertiary/aromatic N) is 4. The zero-order valence-electron chi connectivity index (χ0n) is 40.9. The van der Waals surface area contributed by atoms with Gasteiger partial charge in [0.25, 0.3) is 0 Å². The van der Waals surface area contributed by atoms with Gasteiger partial charge in [-0.2, -0.15) is 0 Å². The van der Waals surface area contributed by atoms with Crippen molar-refractivity contribution in [3.63, 3.8) is 0 Å². The Morgan fingerprint density at radius 2 is 0.952 bits per heavy atom. The Morgan fingerprint density at radius 1 is 0.587 bits per heavy atom. The van der Waals surface area contributed by atoms with Crippen LogP contribution >= 0.6 is 0 Å². The molecule has 1 saturated heterocycles. The number of methoxy groups -OCH3 is 3. The Morgan fingerprint density at radius 3 is 1.27 bits per heavy atom. The van der Waals surface area contributed by atoms with Crippen LogP contribution in [0, 0.1) is 0 Å². The standard InChI is InChI=1S/C47H82N4O12/c1-14-15-30-60-36-20-16-18-35(31-36)19-17-21-37(41(52)53)48-22-24-49(38(42(54)57-11)32-61-45(2,3)4)26-28-51(40(44(56)59-13)34-63-47(8,9)10)29-27-50(25-23-48)39(43(55)58-12)33-62-46(5,6)7/h16,18,20,31,37-40H,14-15,17,19,21-30,32-34H2,1-13H3,(H,52,53). The van der Waals surface area contributed by atoms with E-state index in [-0.39, 0.29) is 72.2 Å². The average Bonchev–Trinajstić information content (AvgIpc) is 3.20. The van der Waals surface area contributed by atoms with Crippen molar-refractivity contribution in [1.82, 2.24) is 19.6 Å². The first-order valence-corrected chi connectivity index (χ1v) is 22.6. The summed E-state index contributed by atoms with van der Waals surface area (Å²) in [7, 11) is 4.01. The molecule has 0 radical (unpaired) electrons. The highest BCUT2D eigenvalue weighted by Crippen LogP contribution is 2.21. The lowest BCUT2D eigenvalue weighted by Gasteiger charge is -2.41. The maximum absolute atomic E-state index is 13.6. The summed E-state index contributed by atoms with van der Waals surface area (Å²) in [4.78, 5) is 61.8. The quantitative estimate of drug-likeness (QED) is 0.0945. The minimum atomic E-state index is -0.969. The van der Waals surface area contributed by atoms with E-state index in [0.29, 0.717) is 25.9 Å². The molecule has 1 aromatic rings. The molecule has 4 unspecified atom stereocenters. The minimum absolute atomic E-state index is 0.0235. The number of hydrogen-bond acceptors (Lipinski definition) is 15. The van der Waals surface area contributed by atoms with Crippen molar-refractivity contribution in [2.24, 2.45) is 0 Å². The van der Waals surface area contributed by atoms with Gasteiger partial charge in [-0.05, 0) is 106 Å². The number of ether oxygens (including phenoxy) is 7. The summed E-state index contributed by atoms with van der Waals surface area (Å²) < 4.78 is 40.4. The van der Waals surface area contributed by atoms with Crippen molar-refractivity contribution in [3.05, 3.63) is 29.8 Å². The van der Waals surface area contributed by atoms with E-state index in [1.807, 2.05) is 106 Å². The van der Waals surface area contributed by atoms with Gasteiger partial charge in [0.2, 0.25) is 0 Å². The molecule has 16 nitrogen and oxygen atoms in total. The highest BCUT2D eigenvalue weighted by molar-refractivity contribution is 5.77. The lowest BCUT2D eigenvalue weighted by molar-refractivity contribution is -0.157. The number of unbranched alkanes of at least 4 members (excludes halogenated alkanes) is 1. The van der Waals surface area contributed by atoms with Crippen LogP contribution in [0.4, 0.5) is 0 Å². The zero-order valence-corrected chi connectivity index (χ0v) is 40.9. The second-order valence-electron chi connectivity index (χ2n) is 19.1. The van der Waals surface area contributed by atoms with Crippen molar-refractivity contribution < 1.29 is 57.4 Å². The van der Waals surface area contributed by atoms with Gasteiger partial charge in [-0.25, -0.2) is 0 Å². The van der Waals surface area contributed by atoms with Crippen LogP contribution in [-0.2, 0) is 54.0 Å². The Kier molecular flexibility index (Phi) is 24.1. The van der Waals surface area contributed by atoms with E-state index in [1.54, 1.807) is 0 Å². The number of aryl methyl sites for hydroxylation is 1. The third kappa shape index (κ3) is 21.4. The van der Waals surface area contributed by atoms with Gasteiger partial charge in [0.15, 0.2) is 0 Å². The number of rotatable bonds is 22. The monoisotopic (exact) mass is 895 g/mol. The largest absolute Gasteiger partial charge is 0.494 e. The van der Waals surface area contributed by atoms with Gasteiger partial charge < -0.3 is 38.3 Å². The van der Waals surface area contributed by atoms with Gasteiger partial charge in [0.05, 0.1) is 64.6 Å². The van der Waals surface area contributed by atoms with Gasteiger partial charge in [-0.15, -0.1) is 0 Å². The highest BCUT2D eigenvalue weighted by Gasteiger charge is 2.37. The number of carbonyl (C=O) groups is 4. The number of benzene rings is 1. The van der Waals surface area contributed by atoms with Crippen LogP contribution in [0.1, 0.15) is 100 Å². The molecule has 16 heteroatoms. The third-order valence-corrected chi connectivity index (χ3v) is 10.8. The zero-order chi connectivity index (χ0) is 47.4. The Bertz CT molecular complexity index is 1470. The van der Waals surface area contributed by atoms with Crippen molar-refractivity contribution >= 4 is 23.9 Å². The molecule has 1 N–H and O–H groups in total. The lowest BCUT2D eigenvalue weighted by Crippen LogP contribution is -2.58. The molecule has 362 valence electrons. The van der Waals surface area contributed by atoms with Crippen LogP contribution < -0.4 is 4.74 Å². The first-order chi connectivity index (χ1) is 29.5. The number of esters is 3. The minimum Gasteiger partial charge on any atom is -0.494 e. The molecule has 4 atom stereocenters. The van der Waals surface area contributed by atoms with Gasteiger partial charge >= 0.3 is 23.9 Å². The molecule has 0 saturated carbocycles. The number of carboxylic acid groups (broad SMARTS) is 1. The van der Waals surface area contributed by atoms with E-state index < -0.39 is 64.8 Å². The maximum Gasteiger partial charge on any atom is 0.325 e. The summed E-state index contributed by atoms with van der Waals surface area (Å²) in [5.41, 5.74) is -0.637. The van der Waals surface area contributed by atoms with Gasteiger partial charge in [-0.3, -0.25) is 38.8 Å². The number of aliphatic carboxylic acids is 1.